The van der Waals surface area contributed by atoms with Crippen LogP contribution >= 0.6 is 11.8 Å². The van der Waals surface area contributed by atoms with Crippen molar-refractivity contribution in [2.24, 2.45) is 0 Å². The molecular weight excluding hydrogens is 250 g/mol. The molecule has 5 nitrogen and oxygen atoms in total. The summed E-state index contributed by atoms with van der Waals surface area (Å²) in [5, 5.41) is 17.8. The van der Waals surface area contributed by atoms with Gasteiger partial charge in [-0.3, -0.25) is 4.79 Å². The van der Waals surface area contributed by atoms with Crippen LogP contribution in [0, 0.1) is 0 Å². The lowest BCUT2D eigenvalue weighted by molar-refractivity contribution is -0.133. The summed E-state index contributed by atoms with van der Waals surface area (Å²) >= 11 is 1.22. The van der Waals surface area contributed by atoms with E-state index in [1.54, 1.807) is 0 Å². The summed E-state index contributed by atoms with van der Waals surface area (Å²) < 4.78 is 2.05. The van der Waals surface area contributed by atoms with Crippen LogP contribution in [0.1, 0.15) is 52.8 Å². The van der Waals surface area contributed by atoms with Crippen molar-refractivity contribution in [3.05, 3.63) is 5.82 Å². The van der Waals surface area contributed by atoms with Crippen molar-refractivity contribution in [2.45, 2.75) is 57.7 Å². The van der Waals surface area contributed by atoms with E-state index in [0.717, 1.165) is 12.2 Å². The summed E-state index contributed by atoms with van der Waals surface area (Å²) in [6, 6.07) is 0. The van der Waals surface area contributed by atoms with Gasteiger partial charge in [0.1, 0.15) is 5.82 Å². The van der Waals surface area contributed by atoms with Gasteiger partial charge in [-0.2, -0.15) is 0 Å². The Morgan fingerprint density at radius 1 is 1.44 bits per heavy atom. The SMILES string of the molecule is CCC(C)c1nnc(SCC(=O)O)n1C(C)(C)C. The number of hydrogen-bond donors (Lipinski definition) is 1. The maximum atomic E-state index is 10.7. The molecule has 1 unspecified atom stereocenters. The molecule has 6 heteroatoms. The van der Waals surface area contributed by atoms with Crippen LogP contribution in [-0.2, 0) is 10.3 Å². The number of carbonyl (C=O) groups is 1. The van der Waals surface area contributed by atoms with Crippen molar-refractivity contribution < 1.29 is 9.90 Å². The molecule has 0 aliphatic rings. The number of nitrogens with zero attached hydrogens (tertiary/aromatic N) is 3. The van der Waals surface area contributed by atoms with E-state index in [4.69, 9.17) is 5.11 Å². The minimum absolute atomic E-state index is 0.00865. The molecule has 18 heavy (non-hydrogen) atoms. The maximum Gasteiger partial charge on any atom is 0.313 e. The van der Waals surface area contributed by atoms with Crippen LogP contribution in [0.2, 0.25) is 0 Å². The molecule has 0 spiro atoms. The van der Waals surface area contributed by atoms with Gasteiger partial charge in [0.05, 0.1) is 5.75 Å². The highest BCUT2D eigenvalue weighted by atomic mass is 32.2. The largest absolute Gasteiger partial charge is 0.481 e. The molecule has 0 saturated carbocycles. The molecule has 0 aliphatic carbocycles. The third kappa shape index (κ3) is 3.48. The van der Waals surface area contributed by atoms with Gasteiger partial charge in [0, 0.05) is 11.5 Å². The van der Waals surface area contributed by atoms with E-state index in [1.165, 1.54) is 11.8 Å². The molecule has 1 aromatic heterocycles. The van der Waals surface area contributed by atoms with Gasteiger partial charge in [-0.15, -0.1) is 10.2 Å². The zero-order valence-corrected chi connectivity index (χ0v) is 12.4. The number of carboxylic acid groups (broad SMARTS) is 1. The Kier molecular flexibility index (Phi) is 4.78. The van der Waals surface area contributed by atoms with Crippen LogP contribution in [0.25, 0.3) is 0 Å². The van der Waals surface area contributed by atoms with E-state index in [1.807, 2.05) is 0 Å². The first-order chi connectivity index (χ1) is 8.27. The van der Waals surface area contributed by atoms with E-state index in [9.17, 15) is 4.79 Å². The number of aliphatic carboxylic acids is 1. The summed E-state index contributed by atoms with van der Waals surface area (Å²) in [7, 11) is 0. The van der Waals surface area contributed by atoms with Crippen LogP contribution in [0.4, 0.5) is 0 Å². The number of hydrogen-bond acceptors (Lipinski definition) is 4. The Morgan fingerprint density at radius 2 is 2.06 bits per heavy atom. The van der Waals surface area contributed by atoms with Crippen LogP contribution < -0.4 is 0 Å². The number of aromatic nitrogens is 3. The highest BCUT2D eigenvalue weighted by Gasteiger charge is 2.25. The monoisotopic (exact) mass is 271 g/mol. The highest BCUT2D eigenvalue weighted by molar-refractivity contribution is 7.99. The van der Waals surface area contributed by atoms with E-state index < -0.39 is 5.97 Å². The van der Waals surface area contributed by atoms with E-state index in [0.29, 0.717) is 11.1 Å². The smallest absolute Gasteiger partial charge is 0.313 e. The third-order valence-electron chi connectivity index (χ3n) is 2.71. The molecule has 0 amide bonds. The van der Waals surface area contributed by atoms with E-state index >= 15 is 0 Å². The summed E-state index contributed by atoms with van der Waals surface area (Å²) in [4.78, 5) is 10.7. The topological polar surface area (TPSA) is 68.0 Å². The third-order valence-corrected chi connectivity index (χ3v) is 3.62. The summed E-state index contributed by atoms with van der Waals surface area (Å²) in [6.07, 6.45) is 0.984. The van der Waals surface area contributed by atoms with Gasteiger partial charge < -0.3 is 9.67 Å². The van der Waals surface area contributed by atoms with Crippen molar-refractivity contribution in [1.29, 1.82) is 0 Å². The molecule has 1 aromatic rings. The lowest BCUT2D eigenvalue weighted by atomic mass is 10.0. The van der Waals surface area contributed by atoms with Gasteiger partial charge in [-0.1, -0.05) is 25.6 Å². The number of rotatable bonds is 5. The Bertz CT molecular complexity index is 423. The predicted molar refractivity (Wildman–Crippen MR) is 72.1 cm³/mol. The first-order valence-corrected chi connectivity index (χ1v) is 7.06. The van der Waals surface area contributed by atoms with Crippen LogP contribution in [0.3, 0.4) is 0 Å². The van der Waals surface area contributed by atoms with Crippen LogP contribution in [-0.4, -0.2) is 31.6 Å². The lowest BCUT2D eigenvalue weighted by Crippen LogP contribution is -2.26. The molecule has 1 N–H and O–H groups in total. The maximum absolute atomic E-state index is 10.7. The van der Waals surface area contributed by atoms with Crippen LogP contribution in [0.5, 0.6) is 0 Å². The van der Waals surface area contributed by atoms with Gasteiger partial charge in [0.15, 0.2) is 5.16 Å². The van der Waals surface area contributed by atoms with Crippen LogP contribution in [0.15, 0.2) is 5.16 Å². The Balaban J connectivity index is 3.12. The van der Waals surface area contributed by atoms with Gasteiger partial charge in [-0.05, 0) is 27.2 Å². The Hall–Kier alpha value is -1.04. The van der Waals surface area contributed by atoms with Crippen molar-refractivity contribution in [2.75, 3.05) is 5.75 Å². The molecule has 0 aromatic carbocycles. The van der Waals surface area contributed by atoms with Gasteiger partial charge in [-0.25, -0.2) is 0 Å². The first-order valence-electron chi connectivity index (χ1n) is 6.07. The fourth-order valence-electron chi connectivity index (χ4n) is 1.63. The Labute approximate surface area is 112 Å². The molecule has 1 atom stereocenters. The van der Waals surface area contributed by atoms with Gasteiger partial charge >= 0.3 is 5.97 Å². The summed E-state index contributed by atoms with van der Waals surface area (Å²) in [5.74, 6) is 0.414. The molecular formula is C12H21N3O2S. The Morgan fingerprint density at radius 3 is 2.50 bits per heavy atom. The standard InChI is InChI=1S/C12H21N3O2S/c1-6-8(2)10-13-14-11(18-7-9(16)17)15(10)12(3,4)5/h8H,6-7H2,1-5H3,(H,16,17). The van der Waals surface area contributed by atoms with E-state index in [2.05, 4.69) is 49.4 Å². The molecule has 1 rings (SSSR count). The van der Waals surface area contributed by atoms with E-state index in [-0.39, 0.29) is 11.3 Å². The second kappa shape index (κ2) is 5.73. The fourth-order valence-corrected chi connectivity index (χ4v) is 2.48. The second-order valence-corrected chi connectivity index (χ2v) is 6.28. The first kappa shape index (κ1) is 15.0. The fraction of sp³-hybridized carbons (Fsp3) is 0.750. The second-order valence-electron chi connectivity index (χ2n) is 5.34. The zero-order chi connectivity index (χ0) is 13.9. The molecule has 0 bridgehead atoms. The minimum atomic E-state index is -0.839. The summed E-state index contributed by atoms with van der Waals surface area (Å²) in [5.41, 5.74) is -0.150. The average molecular weight is 271 g/mol. The van der Waals surface area contributed by atoms with Crippen molar-refractivity contribution in [3.63, 3.8) is 0 Å². The number of thioether (sulfide) groups is 1. The number of carboxylic acids is 1. The molecule has 0 fully saturated rings. The normalized spacial score (nSPS) is 13.6. The van der Waals surface area contributed by atoms with Crippen molar-refractivity contribution in [1.82, 2.24) is 14.8 Å². The molecule has 1 heterocycles. The van der Waals surface area contributed by atoms with Crippen molar-refractivity contribution >= 4 is 17.7 Å². The van der Waals surface area contributed by atoms with Gasteiger partial charge in [0.2, 0.25) is 0 Å². The highest BCUT2D eigenvalue weighted by Crippen LogP contribution is 2.29. The quantitative estimate of drug-likeness (QED) is 0.834. The predicted octanol–water partition coefficient (Wildman–Crippen LogP) is 2.72. The zero-order valence-electron chi connectivity index (χ0n) is 11.6. The molecule has 0 radical (unpaired) electrons. The summed E-state index contributed by atoms with van der Waals surface area (Å²) in [6.45, 7) is 10.4. The molecule has 102 valence electrons. The van der Waals surface area contributed by atoms with Crippen molar-refractivity contribution in [3.8, 4) is 0 Å². The average Bonchev–Trinajstić information content (AvgIpc) is 2.68. The molecule has 0 aliphatic heterocycles. The van der Waals surface area contributed by atoms with Gasteiger partial charge in [0.25, 0.3) is 0 Å². The minimum Gasteiger partial charge on any atom is -0.481 e. The molecule has 0 saturated heterocycles. The lowest BCUT2D eigenvalue weighted by Gasteiger charge is -2.26.